The van der Waals surface area contributed by atoms with Crippen LogP contribution in [-0.2, 0) is 13.3 Å². The maximum Gasteiger partial charge on any atom is 0.501 e. The molecule has 0 radical (unpaired) electrons. The molecule has 0 fully saturated rings. The first kappa shape index (κ1) is 15.8. The van der Waals surface area contributed by atoms with Gasteiger partial charge in [-0.15, -0.1) is 6.58 Å². The van der Waals surface area contributed by atoms with Crippen molar-refractivity contribution in [3.8, 4) is 0 Å². The van der Waals surface area contributed by atoms with Crippen LogP contribution < -0.4 is 0 Å². The van der Waals surface area contributed by atoms with Crippen LogP contribution in [0, 0.1) is 0 Å². The van der Waals surface area contributed by atoms with Gasteiger partial charge in [-0.25, -0.2) is 0 Å². The third-order valence-corrected chi connectivity index (χ3v) is 5.49. The molecule has 0 aliphatic heterocycles. The van der Waals surface area contributed by atoms with Crippen molar-refractivity contribution in [2.45, 2.75) is 52.7 Å². The first-order valence-electron chi connectivity index (χ1n) is 6.20. The third kappa shape index (κ3) is 5.79. The molecule has 0 aromatic carbocycles. The summed E-state index contributed by atoms with van der Waals surface area (Å²) < 4.78 is 17.6. The molecule has 3 nitrogen and oxygen atoms in total. The van der Waals surface area contributed by atoms with Crippen molar-refractivity contribution in [2.24, 2.45) is 0 Å². The zero-order valence-electron chi connectivity index (χ0n) is 11.1. The number of hydrogen-bond donors (Lipinski definition) is 0. The first-order valence-corrected chi connectivity index (χ1v) is 8.13. The molecule has 0 heterocycles. The zero-order valence-corrected chi connectivity index (χ0v) is 12.1. The van der Waals surface area contributed by atoms with Gasteiger partial charge in [0.1, 0.15) is 0 Å². The van der Waals surface area contributed by atoms with Crippen LogP contribution in [-0.4, -0.2) is 28.1 Å². The topological polar surface area (TPSA) is 27.7 Å². The monoisotopic (exact) mass is 246 g/mol. The van der Waals surface area contributed by atoms with Crippen LogP contribution in [0.1, 0.15) is 40.5 Å². The minimum atomic E-state index is -2.44. The summed E-state index contributed by atoms with van der Waals surface area (Å²) in [4.78, 5) is 0. The second-order valence-corrected chi connectivity index (χ2v) is 6.43. The Morgan fingerprint density at radius 2 is 1.75 bits per heavy atom. The predicted molar refractivity (Wildman–Crippen MR) is 69.5 cm³/mol. The Hall–Kier alpha value is -0.163. The van der Waals surface area contributed by atoms with Crippen LogP contribution in [0.2, 0.25) is 6.04 Å². The van der Waals surface area contributed by atoms with Gasteiger partial charge in [-0.1, -0.05) is 19.4 Å². The van der Waals surface area contributed by atoms with E-state index in [4.69, 9.17) is 13.3 Å². The van der Waals surface area contributed by atoms with E-state index >= 15 is 0 Å². The Morgan fingerprint density at radius 3 is 2.12 bits per heavy atom. The van der Waals surface area contributed by atoms with Gasteiger partial charge in [-0.2, -0.15) is 0 Å². The molecule has 1 atom stereocenters. The van der Waals surface area contributed by atoms with Gasteiger partial charge in [0, 0.05) is 19.3 Å². The van der Waals surface area contributed by atoms with Crippen LogP contribution in [0.25, 0.3) is 0 Å². The second-order valence-electron chi connectivity index (χ2n) is 3.75. The van der Waals surface area contributed by atoms with Gasteiger partial charge < -0.3 is 13.3 Å². The van der Waals surface area contributed by atoms with Crippen molar-refractivity contribution in [1.29, 1.82) is 0 Å². The van der Waals surface area contributed by atoms with Crippen LogP contribution in [0.3, 0.4) is 0 Å². The van der Waals surface area contributed by atoms with E-state index in [2.05, 4.69) is 13.5 Å². The molecule has 0 aliphatic rings. The van der Waals surface area contributed by atoms with E-state index in [1.54, 1.807) is 0 Å². The molecule has 0 saturated heterocycles. The Labute approximate surface area is 101 Å². The summed E-state index contributed by atoms with van der Waals surface area (Å²) >= 11 is 0. The number of hydrogen-bond acceptors (Lipinski definition) is 3. The lowest BCUT2D eigenvalue weighted by Crippen LogP contribution is -2.47. The van der Waals surface area contributed by atoms with E-state index in [0.717, 1.165) is 18.9 Å². The van der Waals surface area contributed by atoms with E-state index in [1.807, 2.05) is 26.8 Å². The zero-order chi connectivity index (χ0) is 12.4. The fraction of sp³-hybridized carbons (Fsp3) is 0.833. The van der Waals surface area contributed by atoms with Crippen molar-refractivity contribution in [3.05, 3.63) is 12.7 Å². The molecule has 0 aliphatic carbocycles. The highest BCUT2D eigenvalue weighted by Crippen LogP contribution is 2.20. The van der Waals surface area contributed by atoms with Gasteiger partial charge in [0.25, 0.3) is 0 Å². The Kier molecular flexibility index (Phi) is 8.84. The Balaban J connectivity index is 4.50. The van der Waals surface area contributed by atoms with Crippen LogP contribution >= 0.6 is 0 Å². The highest BCUT2D eigenvalue weighted by Gasteiger charge is 2.40. The molecular weight excluding hydrogens is 220 g/mol. The van der Waals surface area contributed by atoms with E-state index in [9.17, 15) is 0 Å². The van der Waals surface area contributed by atoms with Gasteiger partial charge in [0.05, 0.1) is 6.10 Å². The molecule has 16 heavy (non-hydrogen) atoms. The van der Waals surface area contributed by atoms with Crippen LogP contribution in [0.15, 0.2) is 12.7 Å². The molecular formula is C12H26O3Si. The van der Waals surface area contributed by atoms with E-state index in [0.29, 0.717) is 13.2 Å². The average Bonchev–Trinajstić information content (AvgIpc) is 2.18. The minimum absolute atomic E-state index is 0.119. The van der Waals surface area contributed by atoms with Gasteiger partial charge in [0.15, 0.2) is 0 Å². The van der Waals surface area contributed by atoms with Gasteiger partial charge >= 0.3 is 8.80 Å². The van der Waals surface area contributed by atoms with Crippen LogP contribution in [0.4, 0.5) is 0 Å². The molecule has 1 unspecified atom stereocenters. The molecule has 0 rings (SSSR count). The number of rotatable bonds is 10. The van der Waals surface area contributed by atoms with E-state index < -0.39 is 8.80 Å². The SMILES string of the molecule is C=CCC(C)O[Si](CCC)(OCC)OCC. The lowest BCUT2D eigenvalue weighted by molar-refractivity contribution is 0.0392. The largest absolute Gasteiger partial charge is 0.501 e. The molecule has 0 spiro atoms. The minimum Gasteiger partial charge on any atom is -0.374 e. The van der Waals surface area contributed by atoms with E-state index in [1.165, 1.54) is 0 Å². The Morgan fingerprint density at radius 1 is 1.19 bits per heavy atom. The van der Waals surface area contributed by atoms with Crippen molar-refractivity contribution in [1.82, 2.24) is 0 Å². The maximum absolute atomic E-state index is 6.02. The standard InChI is InChI=1S/C12H26O3Si/c1-6-10-12(5)15-16(11-7-2,13-8-3)14-9-4/h6,12H,1,7-11H2,2-5H3. The molecule has 96 valence electrons. The molecule has 0 aromatic heterocycles. The molecule has 4 heteroatoms. The second kappa shape index (κ2) is 8.93. The smallest absolute Gasteiger partial charge is 0.374 e. The summed E-state index contributed by atoms with van der Waals surface area (Å²) in [5, 5.41) is 0. The van der Waals surface area contributed by atoms with Crippen molar-refractivity contribution in [3.63, 3.8) is 0 Å². The lowest BCUT2D eigenvalue weighted by Gasteiger charge is -2.31. The average molecular weight is 246 g/mol. The summed E-state index contributed by atoms with van der Waals surface area (Å²) in [6.07, 6.45) is 3.84. The van der Waals surface area contributed by atoms with Gasteiger partial charge in [-0.05, 0) is 27.2 Å². The van der Waals surface area contributed by atoms with Gasteiger partial charge in [0.2, 0.25) is 0 Å². The highest BCUT2D eigenvalue weighted by atomic mass is 28.4. The van der Waals surface area contributed by atoms with Crippen LogP contribution in [0.5, 0.6) is 0 Å². The lowest BCUT2D eigenvalue weighted by atomic mass is 10.3. The van der Waals surface area contributed by atoms with Crippen molar-refractivity contribution in [2.75, 3.05) is 13.2 Å². The third-order valence-electron chi connectivity index (χ3n) is 2.16. The highest BCUT2D eigenvalue weighted by molar-refractivity contribution is 6.60. The molecule has 0 aromatic rings. The van der Waals surface area contributed by atoms with Crippen molar-refractivity contribution < 1.29 is 13.3 Å². The summed E-state index contributed by atoms with van der Waals surface area (Å²) in [6.45, 7) is 13.1. The summed E-state index contributed by atoms with van der Waals surface area (Å²) in [5.41, 5.74) is 0. The molecule has 0 bridgehead atoms. The first-order chi connectivity index (χ1) is 7.64. The maximum atomic E-state index is 6.02. The summed E-state index contributed by atoms with van der Waals surface area (Å²) in [7, 11) is -2.44. The molecule has 0 saturated carbocycles. The van der Waals surface area contributed by atoms with Crippen molar-refractivity contribution >= 4 is 8.80 Å². The van der Waals surface area contributed by atoms with E-state index in [-0.39, 0.29) is 6.10 Å². The fourth-order valence-corrected chi connectivity index (χ4v) is 4.48. The predicted octanol–water partition coefficient (Wildman–Crippen LogP) is 3.39. The quantitative estimate of drug-likeness (QED) is 0.437. The molecule has 0 N–H and O–H groups in total. The normalized spacial score (nSPS) is 13.8. The van der Waals surface area contributed by atoms with Gasteiger partial charge in [-0.3, -0.25) is 0 Å². The fourth-order valence-electron chi connectivity index (χ4n) is 1.65. The Bertz CT molecular complexity index is 168. The molecule has 0 amide bonds. The summed E-state index contributed by atoms with van der Waals surface area (Å²) in [5.74, 6) is 0. The summed E-state index contributed by atoms with van der Waals surface area (Å²) in [6, 6.07) is 0.885.